The molecule has 28 heavy (non-hydrogen) atoms. The molecule has 0 bridgehead atoms. The summed E-state index contributed by atoms with van der Waals surface area (Å²) in [7, 11) is 1.65. The lowest BCUT2D eigenvalue weighted by atomic mass is 9.84. The number of amides is 1. The lowest BCUT2D eigenvalue weighted by Crippen LogP contribution is -2.46. The van der Waals surface area contributed by atoms with Crippen molar-refractivity contribution in [2.45, 2.75) is 63.9 Å². The number of hydrogen-bond acceptors (Lipinski definition) is 4. The zero-order valence-corrected chi connectivity index (χ0v) is 17.5. The fourth-order valence-corrected chi connectivity index (χ4v) is 4.29. The minimum absolute atomic E-state index is 0.0285. The highest BCUT2D eigenvalue weighted by atomic mass is 16.5. The second kappa shape index (κ2) is 10.3. The number of rotatable bonds is 8. The molecule has 1 aromatic carbocycles. The Morgan fingerprint density at radius 3 is 2.46 bits per heavy atom. The molecule has 0 radical (unpaired) electrons. The molecule has 5 heteroatoms. The Morgan fingerprint density at radius 2 is 1.82 bits per heavy atom. The summed E-state index contributed by atoms with van der Waals surface area (Å²) in [4.78, 5) is 15.3. The number of nitrogens with zero attached hydrogens (tertiary/aromatic N) is 1. The zero-order chi connectivity index (χ0) is 19.8. The lowest BCUT2D eigenvalue weighted by Gasteiger charge is -2.34. The Labute approximate surface area is 169 Å². The molecule has 1 aliphatic carbocycles. The van der Waals surface area contributed by atoms with Crippen LogP contribution in [-0.2, 0) is 9.53 Å². The van der Waals surface area contributed by atoms with Crippen molar-refractivity contribution in [1.82, 2.24) is 4.90 Å². The number of carbonyl (C=O) groups is 1. The molecule has 3 rings (SSSR count). The monoisotopic (exact) mass is 388 g/mol. The van der Waals surface area contributed by atoms with Gasteiger partial charge in [0.25, 0.3) is 5.91 Å². The minimum atomic E-state index is -0.667. The van der Waals surface area contributed by atoms with Crippen LogP contribution in [0.1, 0.15) is 58.3 Å². The molecule has 1 aromatic rings. The summed E-state index contributed by atoms with van der Waals surface area (Å²) in [5, 5.41) is 3.02. The van der Waals surface area contributed by atoms with Crippen molar-refractivity contribution in [3.63, 3.8) is 0 Å². The molecule has 5 nitrogen and oxygen atoms in total. The van der Waals surface area contributed by atoms with E-state index in [0.29, 0.717) is 0 Å². The maximum absolute atomic E-state index is 12.7. The third-order valence-electron chi connectivity index (χ3n) is 6.34. The topological polar surface area (TPSA) is 50.8 Å². The first-order valence-electron chi connectivity index (χ1n) is 10.9. The molecule has 0 atom stereocenters. The summed E-state index contributed by atoms with van der Waals surface area (Å²) < 4.78 is 11.5. The number of hydrogen-bond donors (Lipinski definition) is 1. The Kier molecular flexibility index (Phi) is 7.74. The summed E-state index contributed by atoms with van der Waals surface area (Å²) >= 11 is 0. The Balaban J connectivity index is 1.40. The van der Waals surface area contributed by atoms with E-state index >= 15 is 0 Å². The van der Waals surface area contributed by atoms with Crippen LogP contribution in [0.25, 0.3) is 0 Å². The van der Waals surface area contributed by atoms with Crippen LogP contribution in [0.5, 0.6) is 5.75 Å². The molecular formula is C23H36N2O3. The van der Waals surface area contributed by atoms with Gasteiger partial charge < -0.3 is 19.7 Å². The van der Waals surface area contributed by atoms with E-state index in [1.54, 1.807) is 7.11 Å². The third kappa shape index (κ3) is 5.71. The molecule has 1 heterocycles. The van der Waals surface area contributed by atoms with Crippen LogP contribution in [0.2, 0.25) is 0 Å². The molecule has 1 saturated heterocycles. The zero-order valence-electron chi connectivity index (χ0n) is 17.5. The maximum Gasteiger partial charge on any atom is 0.256 e. The Hall–Kier alpha value is -1.59. The molecule has 1 aliphatic heterocycles. The van der Waals surface area contributed by atoms with E-state index in [1.807, 2.05) is 24.3 Å². The highest BCUT2D eigenvalue weighted by Gasteiger charge is 2.39. The second-order valence-corrected chi connectivity index (χ2v) is 8.46. The van der Waals surface area contributed by atoms with Gasteiger partial charge in [0.1, 0.15) is 11.4 Å². The molecule has 1 saturated carbocycles. The number of anilines is 1. The van der Waals surface area contributed by atoms with Crippen molar-refractivity contribution in [2.75, 3.05) is 38.7 Å². The van der Waals surface area contributed by atoms with Gasteiger partial charge in [0.2, 0.25) is 0 Å². The van der Waals surface area contributed by atoms with Crippen LogP contribution in [0.3, 0.4) is 0 Å². The van der Waals surface area contributed by atoms with Crippen molar-refractivity contribution < 1.29 is 14.3 Å². The van der Waals surface area contributed by atoms with Gasteiger partial charge in [-0.2, -0.15) is 0 Å². The number of piperidine rings is 1. The van der Waals surface area contributed by atoms with Crippen molar-refractivity contribution >= 4 is 11.6 Å². The first-order chi connectivity index (χ1) is 13.6. The molecule has 0 aromatic heterocycles. The Morgan fingerprint density at radius 1 is 1.14 bits per heavy atom. The smallest absolute Gasteiger partial charge is 0.256 e. The van der Waals surface area contributed by atoms with Gasteiger partial charge in [0.05, 0.1) is 6.61 Å². The maximum atomic E-state index is 12.7. The van der Waals surface area contributed by atoms with E-state index in [0.717, 1.165) is 62.6 Å². The molecule has 0 spiro atoms. The van der Waals surface area contributed by atoms with Crippen molar-refractivity contribution in [2.24, 2.45) is 5.92 Å². The summed E-state index contributed by atoms with van der Waals surface area (Å²) in [6, 6.07) is 7.67. The van der Waals surface area contributed by atoms with Crippen LogP contribution >= 0.6 is 0 Å². The summed E-state index contributed by atoms with van der Waals surface area (Å²) in [6.07, 6.45) is 8.55. The molecule has 156 valence electrons. The van der Waals surface area contributed by atoms with Crippen molar-refractivity contribution in [1.29, 1.82) is 0 Å². The van der Waals surface area contributed by atoms with Crippen LogP contribution in [0, 0.1) is 5.92 Å². The van der Waals surface area contributed by atoms with E-state index in [9.17, 15) is 4.79 Å². The summed E-state index contributed by atoms with van der Waals surface area (Å²) in [6.45, 7) is 6.62. The highest BCUT2D eigenvalue weighted by molar-refractivity contribution is 5.97. The molecule has 2 fully saturated rings. The quantitative estimate of drug-likeness (QED) is 0.667. The Bertz CT molecular complexity index is 603. The highest BCUT2D eigenvalue weighted by Crippen LogP contribution is 2.32. The van der Waals surface area contributed by atoms with Gasteiger partial charge in [-0.1, -0.05) is 26.2 Å². The number of methoxy groups -OCH3 is 1. The number of ether oxygens (including phenoxy) is 2. The van der Waals surface area contributed by atoms with E-state index in [4.69, 9.17) is 9.47 Å². The van der Waals surface area contributed by atoms with E-state index in [2.05, 4.69) is 17.1 Å². The normalized spacial score (nSPS) is 20.6. The molecule has 2 aliphatic rings. The summed E-state index contributed by atoms with van der Waals surface area (Å²) in [5.74, 6) is 1.70. The molecule has 1 N–H and O–H groups in total. The van der Waals surface area contributed by atoms with Gasteiger partial charge in [-0.25, -0.2) is 0 Å². The van der Waals surface area contributed by atoms with Crippen molar-refractivity contribution in [3.8, 4) is 5.75 Å². The van der Waals surface area contributed by atoms with Crippen LogP contribution in [0.4, 0.5) is 5.69 Å². The SMILES string of the molecule is COC1(C(=O)Nc2ccc(OCCCN3CCC(C)CC3)cc2)CCCCC1. The minimum Gasteiger partial charge on any atom is -0.494 e. The number of carbonyl (C=O) groups excluding carboxylic acids is 1. The number of likely N-dealkylation sites (tertiary alicyclic amines) is 1. The van der Waals surface area contributed by atoms with Gasteiger partial charge in [0, 0.05) is 19.3 Å². The van der Waals surface area contributed by atoms with Crippen LogP contribution in [0.15, 0.2) is 24.3 Å². The average molecular weight is 389 g/mol. The van der Waals surface area contributed by atoms with Crippen LogP contribution in [-0.4, -0.2) is 49.8 Å². The number of nitrogens with one attached hydrogen (secondary N) is 1. The fraction of sp³-hybridized carbons (Fsp3) is 0.696. The van der Waals surface area contributed by atoms with Crippen LogP contribution < -0.4 is 10.1 Å². The summed E-state index contributed by atoms with van der Waals surface area (Å²) in [5.41, 5.74) is 0.126. The second-order valence-electron chi connectivity index (χ2n) is 8.46. The predicted octanol–water partition coefficient (Wildman–Crippen LogP) is 4.48. The van der Waals surface area contributed by atoms with Gasteiger partial charge in [0.15, 0.2) is 0 Å². The molecule has 1 amide bonds. The van der Waals surface area contributed by atoms with Crippen molar-refractivity contribution in [3.05, 3.63) is 24.3 Å². The average Bonchev–Trinajstić information content (AvgIpc) is 2.74. The standard InChI is InChI=1S/C23H36N2O3/c1-19-11-16-25(17-12-19)15-6-18-28-21-9-7-20(8-10-21)24-22(26)23(27-2)13-4-3-5-14-23/h7-10,19H,3-6,11-18H2,1-2H3,(H,24,26). The lowest BCUT2D eigenvalue weighted by molar-refractivity contribution is -0.141. The van der Waals surface area contributed by atoms with E-state index in [-0.39, 0.29) is 5.91 Å². The largest absolute Gasteiger partial charge is 0.494 e. The fourth-order valence-electron chi connectivity index (χ4n) is 4.29. The molecular weight excluding hydrogens is 352 g/mol. The van der Waals surface area contributed by atoms with Gasteiger partial charge in [-0.05, 0) is 75.4 Å². The predicted molar refractivity (Wildman–Crippen MR) is 113 cm³/mol. The van der Waals surface area contributed by atoms with Gasteiger partial charge in [-0.3, -0.25) is 4.79 Å². The third-order valence-corrected chi connectivity index (χ3v) is 6.34. The van der Waals surface area contributed by atoms with Gasteiger partial charge in [-0.15, -0.1) is 0 Å². The van der Waals surface area contributed by atoms with Gasteiger partial charge >= 0.3 is 0 Å². The first kappa shape index (κ1) is 21.1. The first-order valence-corrected chi connectivity index (χ1v) is 10.9. The number of benzene rings is 1. The molecule has 0 unspecified atom stereocenters. The van der Waals surface area contributed by atoms with E-state index < -0.39 is 5.60 Å². The van der Waals surface area contributed by atoms with E-state index in [1.165, 1.54) is 32.4 Å².